The van der Waals surface area contributed by atoms with E-state index in [1.807, 2.05) is 6.07 Å². The molecule has 11 rings (SSSR count). The monoisotopic (exact) mass is 690 g/mol. The fourth-order valence-electron chi connectivity index (χ4n) is 9.13. The Bertz CT molecular complexity index is 2800. The lowest BCUT2D eigenvalue weighted by Crippen LogP contribution is -2.32. The fraction of sp³-hybridized carbons (Fsp3) is 0.0588. The molecule has 7 aromatic carbocycles. The van der Waals surface area contributed by atoms with E-state index in [9.17, 15) is 0 Å². The molecule has 8 aromatic rings. The van der Waals surface area contributed by atoms with Gasteiger partial charge in [0.2, 0.25) is 0 Å². The summed E-state index contributed by atoms with van der Waals surface area (Å²) in [5.41, 5.74) is 13.3. The van der Waals surface area contributed by atoms with E-state index in [1.54, 1.807) is 0 Å². The van der Waals surface area contributed by atoms with Gasteiger partial charge in [-0.2, -0.15) is 0 Å². The third-order valence-electron chi connectivity index (χ3n) is 11.5. The van der Waals surface area contributed by atoms with Gasteiger partial charge in [-0.1, -0.05) is 176 Å². The molecule has 0 N–H and O–H groups in total. The molecule has 1 unspecified atom stereocenters. The Balaban J connectivity index is 1.02. The second-order valence-electron chi connectivity index (χ2n) is 14.4. The molecular formula is C51H34N2O. The van der Waals surface area contributed by atoms with E-state index < -0.39 is 5.41 Å². The molecule has 54 heavy (non-hydrogen) atoms. The Morgan fingerprint density at radius 1 is 0.537 bits per heavy atom. The first-order valence-electron chi connectivity index (χ1n) is 18.7. The highest BCUT2D eigenvalue weighted by Crippen LogP contribution is 2.63. The summed E-state index contributed by atoms with van der Waals surface area (Å²) in [5, 5.41) is 2.37. The number of rotatable bonds is 4. The van der Waals surface area contributed by atoms with Gasteiger partial charge < -0.3 is 4.74 Å². The lowest BCUT2D eigenvalue weighted by molar-refractivity contribution is 0.428. The molecule has 0 saturated heterocycles. The Morgan fingerprint density at radius 3 is 1.96 bits per heavy atom. The molecule has 0 saturated carbocycles. The molecule has 0 amide bonds. The molecule has 1 atom stereocenters. The van der Waals surface area contributed by atoms with Crippen LogP contribution in [0.5, 0.6) is 11.5 Å². The summed E-state index contributed by atoms with van der Waals surface area (Å²) in [6, 6.07) is 60.6. The molecule has 1 aliphatic heterocycles. The van der Waals surface area contributed by atoms with E-state index in [0.717, 1.165) is 51.8 Å². The topological polar surface area (TPSA) is 35.0 Å². The smallest absolute Gasteiger partial charge is 0.160 e. The van der Waals surface area contributed by atoms with E-state index >= 15 is 0 Å². The van der Waals surface area contributed by atoms with Gasteiger partial charge in [-0.05, 0) is 51.6 Å². The van der Waals surface area contributed by atoms with Crippen LogP contribution in [0.25, 0.3) is 50.0 Å². The first-order chi connectivity index (χ1) is 26.8. The minimum atomic E-state index is -0.476. The predicted molar refractivity (Wildman–Crippen MR) is 219 cm³/mol. The van der Waals surface area contributed by atoms with Crippen molar-refractivity contribution in [1.82, 2.24) is 9.97 Å². The van der Waals surface area contributed by atoms with Crippen molar-refractivity contribution in [3.05, 3.63) is 222 Å². The lowest BCUT2D eigenvalue weighted by Gasteiger charge is -2.40. The van der Waals surface area contributed by atoms with Crippen molar-refractivity contribution in [2.45, 2.75) is 17.8 Å². The van der Waals surface area contributed by atoms with Crippen LogP contribution in [0.15, 0.2) is 188 Å². The molecule has 1 spiro atoms. The van der Waals surface area contributed by atoms with E-state index in [1.165, 1.54) is 49.7 Å². The maximum Gasteiger partial charge on any atom is 0.160 e. The molecule has 3 nitrogen and oxygen atoms in total. The Kier molecular flexibility index (Phi) is 6.90. The summed E-state index contributed by atoms with van der Waals surface area (Å²) in [6.07, 6.45) is 7.62. The SMILES string of the molecule is C1=CC(c2cccc3c2Oc2ccccc2C32c3ccccc3-c3ccccc32)CC=C1c1nc(-c2ccccc2)cc(-c2cccc3ccccc23)n1. The van der Waals surface area contributed by atoms with Crippen molar-refractivity contribution in [1.29, 1.82) is 0 Å². The number of aromatic nitrogens is 2. The minimum absolute atomic E-state index is 0.118. The standard InChI is InChI=1S/C51H34N2O/c1-2-15-35(16-3-1)46-32-47(41-22-12-17-33-14-4-5-18-37(33)41)53-50(52-46)36-30-28-34(29-31-36)38-21-13-26-45-49(38)54-48-27-11-10-25-44(48)51(45)42-23-8-6-19-39(42)40-20-7-9-24-43(40)51/h1-28,30-32,34H,29H2. The zero-order valence-electron chi connectivity index (χ0n) is 29.5. The van der Waals surface area contributed by atoms with E-state index in [4.69, 9.17) is 14.7 Å². The lowest BCUT2D eigenvalue weighted by atomic mass is 9.65. The van der Waals surface area contributed by atoms with Gasteiger partial charge in [0.15, 0.2) is 5.82 Å². The van der Waals surface area contributed by atoms with Crippen molar-refractivity contribution >= 4 is 16.3 Å². The summed E-state index contributed by atoms with van der Waals surface area (Å²) in [7, 11) is 0. The number of hydrogen-bond acceptors (Lipinski definition) is 3. The molecule has 0 fully saturated rings. The van der Waals surface area contributed by atoms with Crippen molar-refractivity contribution in [2.75, 3.05) is 0 Å². The first kappa shape index (κ1) is 30.8. The van der Waals surface area contributed by atoms with Gasteiger partial charge in [-0.3, -0.25) is 0 Å². The first-order valence-corrected chi connectivity index (χ1v) is 18.7. The van der Waals surface area contributed by atoms with Crippen molar-refractivity contribution in [3.63, 3.8) is 0 Å². The van der Waals surface area contributed by atoms with Crippen LogP contribution in [-0.2, 0) is 5.41 Å². The van der Waals surface area contributed by atoms with Crippen molar-refractivity contribution in [3.8, 4) is 45.1 Å². The highest BCUT2D eigenvalue weighted by atomic mass is 16.5. The van der Waals surface area contributed by atoms with Crippen LogP contribution < -0.4 is 4.74 Å². The molecule has 2 aliphatic carbocycles. The van der Waals surface area contributed by atoms with Crippen LogP contribution >= 0.6 is 0 Å². The van der Waals surface area contributed by atoms with Crippen LogP contribution in [-0.4, -0.2) is 9.97 Å². The van der Waals surface area contributed by atoms with E-state index in [-0.39, 0.29) is 5.92 Å². The quantitative estimate of drug-likeness (QED) is 0.184. The van der Waals surface area contributed by atoms with Crippen LogP contribution in [0.2, 0.25) is 0 Å². The Hall–Kier alpha value is -6.84. The van der Waals surface area contributed by atoms with Gasteiger partial charge in [0.25, 0.3) is 0 Å². The summed E-state index contributed by atoms with van der Waals surface area (Å²) in [5.74, 6) is 2.71. The van der Waals surface area contributed by atoms with Gasteiger partial charge in [-0.15, -0.1) is 0 Å². The second kappa shape index (κ2) is 12.1. The average Bonchev–Trinajstić information content (AvgIpc) is 3.54. The van der Waals surface area contributed by atoms with Crippen LogP contribution in [0.4, 0.5) is 0 Å². The van der Waals surface area contributed by atoms with Gasteiger partial charge in [0.05, 0.1) is 16.8 Å². The Morgan fingerprint density at radius 2 is 1.17 bits per heavy atom. The summed E-state index contributed by atoms with van der Waals surface area (Å²) in [6.45, 7) is 0. The van der Waals surface area contributed by atoms with Crippen LogP contribution in [0.3, 0.4) is 0 Å². The summed E-state index contributed by atoms with van der Waals surface area (Å²) in [4.78, 5) is 10.4. The predicted octanol–water partition coefficient (Wildman–Crippen LogP) is 12.6. The highest BCUT2D eigenvalue weighted by Gasteiger charge is 2.51. The number of hydrogen-bond donors (Lipinski definition) is 0. The van der Waals surface area contributed by atoms with Gasteiger partial charge in [-0.25, -0.2) is 9.97 Å². The zero-order valence-corrected chi connectivity index (χ0v) is 29.5. The van der Waals surface area contributed by atoms with E-state index in [0.29, 0.717) is 0 Å². The van der Waals surface area contributed by atoms with Gasteiger partial charge >= 0.3 is 0 Å². The van der Waals surface area contributed by atoms with Gasteiger partial charge in [0, 0.05) is 39.3 Å². The van der Waals surface area contributed by atoms with E-state index in [2.05, 4.69) is 182 Å². The molecule has 3 aliphatic rings. The maximum absolute atomic E-state index is 6.98. The molecule has 0 radical (unpaired) electrons. The maximum atomic E-state index is 6.98. The number of benzene rings is 7. The zero-order chi connectivity index (χ0) is 35.6. The average molecular weight is 691 g/mol. The second-order valence-corrected chi connectivity index (χ2v) is 14.4. The number of ether oxygens (including phenoxy) is 1. The summed E-state index contributed by atoms with van der Waals surface area (Å²) < 4.78 is 6.98. The number of fused-ring (bicyclic) bond motifs is 10. The third kappa shape index (κ3) is 4.55. The molecule has 254 valence electrons. The molecule has 2 heterocycles. The largest absolute Gasteiger partial charge is 0.456 e. The van der Waals surface area contributed by atoms with Crippen LogP contribution in [0.1, 0.15) is 46.0 Å². The minimum Gasteiger partial charge on any atom is -0.456 e. The normalized spacial score (nSPS) is 15.9. The molecule has 1 aromatic heterocycles. The molecule has 3 heteroatoms. The van der Waals surface area contributed by atoms with Crippen molar-refractivity contribution in [2.24, 2.45) is 0 Å². The fourth-order valence-corrected chi connectivity index (χ4v) is 9.13. The number of allylic oxidation sites excluding steroid dienone is 4. The molecular weight excluding hydrogens is 657 g/mol. The third-order valence-corrected chi connectivity index (χ3v) is 11.5. The number of para-hydroxylation sites is 2. The molecule has 0 bridgehead atoms. The summed E-state index contributed by atoms with van der Waals surface area (Å²) >= 11 is 0. The van der Waals surface area contributed by atoms with Crippen molar-refractivity contribution < 1.29 is 4.74 Å². The highest BCUT2D eigenvalue weighted by molar-refractivity contribution is 5.96. The van der Waals surface area contributed by atoms with Crippen LogP contribution in [0, 0.1) is 0 Å². The number of nitrogens with zero attached hydrogens (tertiary/aromatic N) is 2. The Labute approximate surface area is 314 Å². The van der Waals surface area contributed by atoms with Gasteiger partial charge in [0.1, 0.15) is 11.5 Å².